The topological polar surface area (TPSA) is 378 Å². The minimum atomic E-state index is 0. The van der Waals surface area contributed by atoms with Gasteiger partial charge in [0.05, 0.1) is 0 Å². The van der Waals surface area contributed by atoms with E-state index in [2.05, 4.69) is 0 Å². The first-order valence-corrected chi connectivity index (χ1v) is 0. The van der Waals surface area contributed by atoms with Gasteiger partial charge < -0.3 is 65.7 Å². The van der Waals surface area contributed by atoms with Gasteiger partial charge in [0.1, 0.15) is 0 Å². The Kier molecular flexibility index (Phi) is 13200. The van der Waals surface area contributed by atoms with Gasteiger partial charge in [-0.3, -0.25) is 0 Å². The maximum absolute atomic E-state index is 0. The van der Waals surface area contributed by atoms with Gasteiger partial charge in [-0.15, -0.1) is 0 Å². The first-order chi connectivity index (χ1) is 0. The summed E-state index contributed by atoms with van der Waals surface area (Å²) in [4.78, 5) is 0. The molecule has 24 N–H and O–H groups in total. The Hall–Kier alpha value is 5.97. The quantitative estimate of drug-likeness (QED) is 0.275. The zero-order valence-electron chi connectivity index (χ0n) is 12.6. The van der Waals surface area contributed by atoms with E-state index < -0.39 is 0 Å². The van der Waals surface area contributed by atoms with Crippen molar-refractivity contribution in [1.82, 2.24) is 0 Å². The van der Waals surface area contributed by atoms with Gasteiger partial charge in [0.2, 0.25) is 0 Å². The molecule has 12 nitrogen and oxygen atoms in total. The minimum Gasteiger partial charge on any atom is -0.412 e. The third-order valence-electron chi connectivity index (χ3n) is 0. The van der Waals surface area contributed by atoms with Gasteiger partial charge in [-0.25, -0.2) is 0 Å². The summed E-state index contributed by atoms with van der Waals surface area (Å²) in [7, 11) is 0. The van der Waals surface area contributed by atoms with Crippen molar-refractivity contribution in [2.75, 3.05) is 0 Å². The predicted molar refractivity (Wildman–Crippen MR) is 101 cm³/mol. The van der Waals surface area contributed by atoms with Crippen molar-refractivity contribution in [3.63, 3.8) is 0 Å². The molecular formula is H24Al2Ca2Na2O12Si4. The fraction of sp³-hybridized carbons (Fsp3) is 0. The van der Waals surface area contributed by atoms with Crippen LogP contribution in [0.15, 0.2) is 0 Å². The van der Waals surface area contributed by atoms with Gasteiger partial charge in [0.15, 0.2) is 0 Å². The Morgan fingerprint density at radius 2 is 0.227 bits per heavy atom. The SMILES string of the molecule is O.O.O.O.O.O.O.O.O.O.O.O.[Al].[Al].[Ca].[Ca].[Na].[Na].[Si].[Si].[Si].[Si]. The van der Waals surface area contributed by atoms with E-state index in [0.717, 1.165) is 0 Å². The summed E-state index contributed by atoms with van der Waals surface area (Å²) < 4.78 is 0. The van der Waals surface area contributed by atoms with Crippen molar-refractivity contribution < 1.29 is 65.7 Å². The monoisotopic (exact) mass is 508 g/mol. The fourth-order valence-corrected chi connectivity index (χ4v) is 0. The van der Waals surface area contributed by atoms with Crippen LogP contribution < -0.4 is 0 Å². The molecule has 0 aromatic carbocycles. The van der Waals surface area contributed by atoms with E-state index in [-0.39, 0.29) is 279 Å². The second kappa shape index (κ2) is 510. The summed E-state index contributed by atoms with van der Waals surface area (Å²) in [6, 6.07) is 0. The summed E-state index contributed by atoms with van der Waals surface area (Å²) in [5.74, 6) is 0. The first kappa shape index (κ1) is 571. The molecule has 0 heterocycles. The van der Waals surface area contributed by atoms with Gasteiger partial charge in [0.25, 0.3) is 0 Å². The molecule has 0 aliphatic rings. The summed E-state index contributed by atoms with van der Waals surface area (Å²) in [5.41, 5.74) is 0. The molecule has 0 saturated heterocycles. The van der Waals surface area contributed by atoms with E-state index in [0.29, 0.717) is 0 Å². The van der Waals surface area contributed by atoms with Gasteiger partial charge in [-0.05, 0) is 0 Å². The Morgan fingerprint density at radius 3 is 0.227 bits per heavy atom. The van der Waals surface area contributed by atoms with E-state index in [4.69, 9.17) is 0 Å². The normalized spacial score (nSPS) is 0. The molecule has 0 rings (SSSR count). The van der Waals surface area contributed by atoms with E-state index in [1.807, 2.05) is 0 Å². The van der Waals surface area contributed by atoms with Crippen molar-refractivity contribution in [3.05, 3.63) is 0 Å². The second-order valence-electron chi connectivity index (χ2n) is 0. The van der Waals surface area contributed by atoms with Crippen molar-refractivity contribution in [1.29, 1.82) is 0 Å². The van der Waals surface area contributed by atoms with Crippen LogP contribution in [0.5, 0.6) is 0 Å². The molecule has 0 aromatic heterocycles. The first-order valence-electron chi connectivity index (χ1n) is 0. The summed E-state index contributed by atoms with van der Waals surface area (Å²) in [6.45, 7) is 0. The van der Waals surface area contributed by atoms with E-state index >= 15 is 0 Å². The van der Waals surface area contributed by atoms with E-state index in [1.54, 1.807) is 0 Å². The van der Waals surface area contributed by atoms with Crippen molar-refractivity contribution >= 4 is 213 Å². The Morgan fingerprint density at radius 1 is 0.227 bits per heavy atom. The maximum Gasteiger partial charge on any atom is 0 e. The third-order valence-corrected chi connectivity index (χ3v) is 0. The Bertz CT molecular complexity index is 41.1. The van der Waals surface area contributed by atoms with Crippen LogP contribution in [0.25, 0.3) is 0 Å². The average molecular weight is 509 g/mol. The molecule has 0 unspecified atom stereocenters. The summed E-state index contributed by atoms with van der Waals surface area (Å²) in [6.07, 6.45) is 0. The average Bonchev–Trinajstić information content (AvgIpc) is 0. The molecule has 124 valence electrons. The van der Waals surface area contributed by atoms with Gasteiger partial charge in [-0.2, -0.15) is 0 Å². The molecule has 22 heteroatoms. The Balaban J connectivity index is 0. The van der Waals surface area contributed by atoms with Gasteiger partial charge >= 0.3 is 0 Å². The molecule has 22 heavy (non-hydrogen) atoms. The number of hydrogen-bond donors (Lipinski definition) is 0. The number of rotatable bonds is 0. The largest absolute Gasteiger partial charge is 0.412 e. The minimum absolute atomic E-state index is 0. The standard InChI is InChI=1S/2Al.2Ca.2Na.12H2O.4Si/h;;;;;;12*1H2;;;;. The van der Waals surface area contributed by atoms with E-state index in [9.17, 15) is 0 Å². The van der Waals surface area contributed by atoms with Crippen LogP contribution in [0.2, 0.25) is 0 Å². The third kappa shape index (κ3) is 454. The molecule has 0 amide bonds. The predicted octanol–water partition coefficient (Wildman–Crippen LogP) is -13.7. The summed E-state index contributed by atoms with van der Waals surface area (Å²) in [5, 5.41) is 0. The van der Waals surface area contributed by atoms with E-state index in [1.165, 1.54) is 0 Å². The van der Waals surface area contributed by atoms with Gasteiger partial charge in [-0.1, -0.05) is 0 Å². The molecule has 0 aliphatic heterocycles. The van der Waals surface area contributed by atoms with Crippen LogP contribution in [0, 0.1) is 0 Å². The molecule has 28 radical (unpaired) electrons. The zero-order valence-corrected chi connectivity index (χ0v) is 27.3. The molecule has 0 aliphatic carbocycles. The van der Waals surface area contributed by atoms with Gasteiger partial charge in [0, 0.05) is 213 Å². The van der Waals surface area contributed by atoms with Crippen LogP contribution in [0.1, 0.15) is 0 Å². The smallest absolute Gasteiger partial charge is 0 e. The Labute approximate surface area is 273 Å². The molecule has 0 bridgehead atoms. The second-order valence-corrected chi connectivity index (χ2v) is 0. The molecule has 0 aromatic rings. The maximum atomic E-state index is 0. The molecule has 0 atom stereocenters. The molecular weight excluding hydrogens is 484 g/mol. The van der Waals surface area contributed by atoms with Crippen LogP contribution in [-0.2, 0) is 0 Å². The fourth-order valence-electron chi connectivity index (χ4n) is 0. The van der Waals surface area contributed by atoms with Crippen molar-refractivity contribution in [2.24, 2.45) is 0 Å². The van der Waals surface area contributed by atoms with Crippen molar-refractivity contribution in [2.45, 2.75) is 0 Å². The summed E-state index contributed by atoms with van der Waals surface area (Å²) >= 11 is 0. The zero-order chi connectivity index (χ0) is 0. The molecule has 0 saturated carbocycles. The van der Waals surface area contributed by atoms with Crippen LogP contribution in [0.4, 0.5) is 0 Å². The van der Waals surface area contributed by atoms with Crippen molar-refractivity contribution in [3.8, 4) is 0 Å². The number of hydrogen-bond acceptors (Lipinski definition) is 0. The van der Waals surface area contributed by atoms with Crippen LogP contribution in [-0.4, -0.2) is 279 Å². The van der Waals surface area contributed by atoms with Crippen LogP contribution >= 0.6 is 0 Å². The molecule has 0 spiro atoms. The molecule has 0 fully saturated rings. The van der Waals surface area contributed by atoms with Crippen LogP contribution in [0.3, 0.4) is 0 Å².